The zero-order valence-electron chi connectivity index (χ0n) is 11.2. The van der Waals surface area contributed by atoms with Gasteiger partial charge < -0.3 is 10.2 Å². The molecular weight excluding hydrogens is 200 g/mol. The van der Waals surface area contributed by atoms with Crippen molar-refractivity contribution < 1.29 is 4.79 Å². The molecule has 1 unspecified atom stereocenters. The van der Waals surface area contributed by atoms with Crippen molar-refractivity contribution >= 4 is 5.91 Å². The number of rotatable bonds is 4. The number of piperidine rings is 1. The Bertz CT molecular complexity index is 230. The molecule has 1 amide bonds. The van der Waals surface area contributed by atoms with Crippen molar-refractivity contribution in [3.63, 3.8) is 0 Å². The number of carbonyl (C=O) groups is 1. The number of hydrogen-bond donors (Lipinski definition) is 1. The van der Waals surface area contributed by atoms with Crippen LogP contribution >= 0.6 is 0 Å². The maximum atomic E-state index is 12.5. The second-order valence-electron chi connectivity index (χ2n) is 5.23. The van der Waals surface area contributed by atoms with Gasteiger partial charge in [-0.3, -0.25) is 4.79 Å². The minimum atomic E-state index is -0.185. The quantitative estimate of drug-likeness (QED) is 0.795. The molecule has 1 saturated heterocycles. The molecule has 1 fully saturated rings. The Kier molecular flexibility index (Phi) is 4.78. The molecule has 1 heterocycles. The Morgan fingerprint density at radius 3 is 2.50 bits per heavy atom. The van der Waals surface area contributed by atoms with E-state index in [1.807, 2.05) is 11.9 Å². The smallest absolute Gasteiger partial charge is 0.229 e. The molecule has 0 spiro atoms. The van der Waals surface area contributed by atoms with Crippen LogP contribution in [0.15, 0.2) is 0 Å². The van der Waals surface area contributed by atoms with Gasteiger partial charge in [-0.1, -0.05) is 13.8 Å². The highest BCUT2D eigenvalue weighted by Gasteiger charge is 2.37. The van der Waals surface area contributed by atoms with E-state index in [1.54, 1.807) is 0 Å². The molecule has 3 heteroatoms. The van der Waals surface area contributed by atoms with E-state index in [9.17, 15) is 4.79 Å². The molecule has 0 aromatic carbocycles. The molecule has 1 N–H and O–H groups in total. The molecule has 3 nitrogen and oxygen atoms in total. The van der Waals surface area contributed by atoms with Crippen LogP contribution in [0.25, 0.3) is 0 Å². The van der Waals surface area contributed by atoms with Crippen LogP contribution in [-0.4, -0.2) is 37.0 Å². The van der Waals surface area contributed by atoms with Gasteiger partial charge in [-0.15, -0.1) is 0 Å². The lowest BCUT2D eigenvalue weighted by Crippen LogP contribution is -2.51. The highest BCUT2D eigenvalue weighted by Crippen LogP contribution is 2.28. The molecule has 1 aliphatic rings. The summed E-state index contributed by atoms with van der Waals surface area (Å²) in [7, 11) is 1.96. The molecular formula is C13H26N2O. The van der Waals surface area contributed by atoms with E-state index in [0.717, 1.165) is 38.8 Å². The predicted octanol–water partition coefficient (Wildman–Crippen LogP) is 2.02. The molecule has 0 radical (unpaired) electrons. The van der Waals surface area contributed by atoms with E-state index in [2.05, 4.69) is 26.1 Å². The van der Waals surface area contributed by atoms with E-state index in [-0.39, 0.29) is 5.41 Å². The fourth-order valence-corrected chi connectivity index (χ4v) is 2.67. The first-order valence-electron chi connectivity index (χ1n) is 6.53. The zero-order chi connectivity index (χ0) is 12.2. The summed E-state index contributed by atoms with van der Waals surface area (Å²) in [6.45, 7) is 8.28. The number of hydrogen-bond acceptors (Lipinski definition) is 2. The Morgan fingerprint density at radius 1 is 1.44 bits per heavy atom. The monoisotopic (exact) mass is 226 g/mol. The van der Waals surface area contributed by atoms with Gasteiger partial charge >= 0.3 is 0 Å². The van der Waals surface area contributed by atoms with E-state index in [0.29, 0.717) is 11.9 Å². The van der Waals surface area contributed by atoms with Gasteiger partial charge in [-0.25, -0.2) is 0 Å². The fraction of sp³-hybridized carbons (Fsp3) is 0.923. The van der Waals surface area contributed by atoms with Crippen molar-refractivity contribution in [3.8, 4) is 0 Å². The number of carbonyl (C=O) groups excluding carboxylic acids is 1. The lowest BCUT2D eigenvalue weighted by Gasteiger charge is -2.38. The van der Waals surface area contributed by atoms with Gasteiger partial charge in [0.05, 0.1) is 5.41 Å². The third kappa shape index (κ3) is 2.76. The van der Waals surface area contributed by atoms with Crippen LogP contribution in [0.4, 0.5) is 0 Å². The normalized spacial score (nSPS) is 25.8. The lowest BCUT2D eigenvalue weighted by molar-refractivity contribution is -0.143. The highest BCUT2D eigenvalue weighted by molar-refractivity contribution is 5.82. The van der Waals surface area contributed by atoms with Crippen LogP contribution in [-0.2, 0) is 4.79 Å². The molecule has 16 heavy (non-hydrogen) atoms. The summed E-state index contributed by atoms with van der Waals surface area (Å²) in [6, 6.07) is 0.395. The number of amides is 1. The lowest BCUT2D eigenvalue weighted by atomic mass is 9.81. The van der Waals surface area contributed by atoms with Crippen LogP contribution in [0.3, 0.4) is 0 Å². The molecule has 0 saturated carbocycles. The Labute approximate surface area is 99.6 Å². The first kappa shape index (κ1) is 13.5. The van der Waals surface area contributed by atoms with Crippen molar-refractivity contribution in [2.45, 2.75) is 52.5 Å². The van der Waals surface area contributed by atoms with Crippen LogP contribution in [0.2, 0.25) is 0 Å². The predicted molar refractivity (Wildman–Crippen MR) is 67.4 cm³/mol. The average Bonchev–Trinajstić information content (AvgIpc) is 2.30. The summed E-state index contributed by atoms with van der Waals surface area (Å²) in [5.74, 6) is 0.313. The molecule has 0 bridgehead atoms. The zero-order valence-corrected chi connectivity index (χ0v) is 11.2. The van der Waals surface area contributed by atoms with Crippen molar-refractivity contribution in [1.29, 1.82) is 0 Å². The van der Waals surface area contributed by atoms with Crippen LogP contribution in [0, 0.1) is 5.41 Å². The Balaban J connectivity index is 2.67. The minimum absolute atomic E-state index is 0.185. The second kappa shape index (κ2) is 5.67. The van der Waals surface area contributed by atoms with Crippen LogP contribution in [0.5, 0.6) is 0 Å². The maximum Gasteiger partial charge on any atom is 0.229 e. The molecule has 0 aromatic rings. The number of nitrogens with zero attached hydrogens (tertiary/aromatic N) is 1. The molecule has 0 aliphatic carbocycles. The van der Waals surface area contributed by atoms with E-state index < -0.39 is 0 Å². The van der Waals surface area contributed by atoms with Gasteiger partial charge in [0.2, 0.25) is 5.91 Å². The topological polar surface area (TPSA) is 32.3 Å². The van der Waals surface area contributed by atoms with E-state index in [1.165, 1.54) is 0 Å². The van der Waals surface area contributed by atoms with Gasteiger partial charge in [0, 0.05) is 19.6 Å². The summed E-state index contributed by atoms with van der Waals surface area (Å²) in [5, 5.41) is 3.34. The van der Waals surface area contributed by atoms with Crippen molar-refractivity contribution in [1.82, 2.24) is 10.2 Å². The average molecular weight is 226 g/mol. The van der Waals surface area contributed by atoms with Gasteiger partial charge in [0.1, 0.15) is 0 Å². The number of nitrogens with one attached hydrogen (secondary N) is 1. The maximum absolute atomic E-state index is 12.5. The summed E-state index contributed by atoms with van der Waals surface area (Å²) in [4.78, 5) is 14.4. The van der Waals surface area contributed by atoms with Crippen LogP contribution in [0.1, 0.15) is 46.5 Å². The van der Waals surface area contributed by atoms with Gasteiger partial charge in [-0.2, -0.15) is 0 Å². The van der Waals surface area contributed by atoms with Crippen molar-refractivity contribution in [3.05, 3.63) is 0 Å². The van der Waals surface area contributed by atoms with E-state index in [4.69, 9.17) is 0 Å². The first-order chi connectivity index (χ1) is 7.55. The summed E-state index contributed by atoms with van der Waals surface area (Å²) in [5.41, 5.74) is -0.185. The summed E-state index contributed by atoms with van der Waals surface area (Å²) in [6.07, 6.45) is 4.22. The fourth-order valence-electron chi connectivity index (χ4n) is 2.67. The first-order valence-corrected chi connectivity index (χ1v) is 6.53. The van der Waals surface area contributed by atoms with E-state index >= 15 is 0 Å². The minimum Gasteiger partial charge on any atom is -0.342 e. The Morgan fingerprint density at radius 2 is 2.06 bits per heavy atom. The second-order valence-corrected chi connectivity index (χ2v) is 5.23. The molecule has 0 aromatic heterocycles. The van der Waals surface area contributed by atoms with Crippen molar-refractivity contribution in [2.24, 2.45) is 5.41 Å². The van der Waals surface area contributed by atoms with Gasteiger partial charge in [-0.05, 0) is 39.2 Å². The van der Waals surface area contributed by atoms with Crippen molar-refractivity contribution in [2.75, 3.05) is 20.1 Å². The summed E-state index contributed by atoms with van der Waals surface area (Å²) >= 11 is 0. The molecule has 94 valence electrons. The standard InChI is InChI=1S/C13H26N2O/c1-5-11(6-2)15(4)12(16)13(3)8-7-9-14-10-13/h11,14H,5-10H2,1-4H3. The molecule has 1 rings (SSSR count). The van der Waals surface area contributed by atoms with Crippen LogP contribution < -0.4 is 5.32 Å². The molecule has 1 atom stereocenters. The largest absolute Gasteiger partial charge is 0.342 e. The summed E-state index contributed by atoms with van der Waals surface area (Å²) < 4.78 is 0. The Hall–Kier alpha value is -0.570. The SMILES string of the molecule is CCC(CC)N(C)C(=O)C1(C)CCCNC1. The third-order valence-electron chi connectivity index (χ3n) is 3.92. The van der Waals surface area contributed by atoms with Gasteiger partial charge in [0.25, 0.3) is 0 Å². The third-order valence-corrected chi connectivity index (χ3v) is 3.92. The van der Waals surface area contributed by atoms with Gasteiger partial charge in [0.15, 0.2) is 0 Å². The molecule has 1 aliphatic heterocycles. The highest BCUT2D eigenvalue weighted by atomic mass is 16.2.